The van der Waals surface area contributed by atoms with Gasteiger partial charge in [0.25, 0.3) is 5.69 Å². The molecule has 1 aliphatic heterocycles. The van der Waals surface area contributed by atoms with E-state index in [1.165, 1.54) is 18.3 Å². The van der Waals surface area contributed by atoms with Gasteiger partial charge < -0.3 is 24.6 Å². The summed E-state index contributed by atoms with van der Waals surface area (Å²) < 4.78 is 35.2. The number of aromatic nitrogens is 4. The van der Waals surface area contributed by atoms with E-state index in [0.29, 0.717) is 38.7 Å². The van der Waals surface area contributed by atoms with Crippen molar-refractivity contribution in [2.45, 2.75) is 6.54 Å². The van der Waals surface area contributed by atoms with Crippen LogP contribution in [0.25, 0.3) is 17.1 Å². The molecule has 0 amide bonds. The van der Waals surface area contributed by atoms with Crippen LogP contribution in [-0.4, -0.2) is 77.0 Å². The monoisotopic (exact) mass is 533 g/mol. The summed E-state index contributed by atoms with van der Waals surface area (Å²) in [7, 11) is 1.14. The van der Waals surface area contributed by atoms with Crippen LogP contribution in [0.2, 0.25) is 0 Å². The molecule has 2 aromatic carbocycles. The van der Waals surface area contributed by atoms with Gasteiger partial charge in [-0.25, -0.2) is 9.67 Å². The van der Waals surface area contributed by atoms with E-state index in [2.05, 4.69) is 15.3 Å². The third-order valence-electron chi connectivity index (χ3n) is 6.18. The van der Waals surface area contributed by atoms with Gasteiger partial charge in [0, 0.05) is 61.4 Å². The van der Waals surface area contributed by atoms with Crippen LogP contribution in [0.4, 0.5) is 23.0 Å². The molecule has 3 heterocycles. The highest BCUT2D eigenvalue weighted by Gasteiger charge is 2.25. The Morgan fingerprint density at radius 2 is 2.00 bits per heavy atom. The van der Waals surface area contributed by atoms with Crippen LogP contribution in [0.1, 0.15) is 9.68 Å². The zero-order valence-electron chi connectivity index (χ0n) is 24.6. The molecule has 5 rings (SSSR count). The highest BCUT2D eigenvalue weighted by atomic mass is 16.6. The normalized spacial score (nSPS) is 14.9. The molecule has 39 heavy (non-hydrogen) atoms. The molecule has 2 aromatic heterocycles. The quantitative estimate of drug-likeness (QED) is 0.250. The topological polar surface area (TPSA) is 124 Å². The lowest BCUT2D eigenvalue weighted by atomic mass is 10.1. The van der Waals surface area contributed by atoms with Crippen molar-refractivity contribution in [2.75, 3.05) is 57.7 Å². The summed E-state index contributed by atoms with van der Waals surface area (Å²) in [6.45, 7) is 2.26. The molecule has 4 aromatic rings. The van der Waals surface area contributed by atoms with E-state index in [1.807, 2.05) is 55.5 Å². The minimum atomic E-state index is -2.80. The number of benzene rings is 2. The fraction of sp³-hybridized carbons (Fsp3) is 0.296. The maximum absolute atomic E-state index is 12.1. The van der Waals surface area contributed by atoms with Gasteiger partial charge in [-0.3, -0.25) is 10.1 Å². The minimum absolute atomic E-state index is 0.0331. The number of nitrogens with one attached hydrogen (secondary N) is 1. The van der Waals surface area contributed by atoms with Gasteiger partial charge in [-0.1, -0.05) is 30.3 Å². The number of rotatable bonds is 9. The SMILES string of the molecule is [2H]C([2H])([2H])Oc1cc(N2CCOCC2)c([N+](=O)[O-])cc1Nc1nccc(-n2cc(CN(C)C)c(-c3ccccc3)n2)n1. The van der Waals surface area contributed by atoms with Gasteiger partial charge in [0.2, 0.25) is 5.95 Å². The van der Waals surface area contributed by atoms with Gasteiger partial charge >= 0.3 is 0 Å². The molecule has 0 bridgehead atoms. The van der Waals surface area contributed by atoms with Crippen molar-refractivity contribution in [1.29, 1.82) is 0 Å². The average molecular weight is 534 g/mol. The molecule has 0 unspecified atom stereocenters. The third kappa shape index (κ3) is 5.81. The Hall–Kier alpha value is -4.55. The zero-order valence-corrected chi connectivity index (χ0v) is 21.6. The first-order valence-electron chi connectivity index (χ1n) is 13.8. The lowest BCUT2D eigenvalue weighted by Crippen LogP contribution is -2.36. The lowest BCUT2D eigenvalue weighted by Gasteiger charge is -2.29. The lowest BCUT2D eigenvalue weighted by molar-refractivity contribution is -0.384. The number of nitro groups is 1. The number of ether oxygens (including phenoxy) is 2. The number of hydrogen-bond acceptors (Lipinski definition) is 10. The maximum Gasteiger partial charge on any atom is 0.294 e. The van der Waals surface area contributed by atoms with E-state index in [9.17, 15) is 10.1 Å². The number of nitro benzene ring substituents is 1. The molecule has 1 fully saturated rings. The molecule has 1 aliphatic rings. The molecule has 0 spiro atoms. The van der Waals surface area contributed by atoms with Crippen molar-refractivity contribution in [1.82, 2.24) is 24.6 Å². The first-order valence-corrected chi connectivity index (χ1v) is 12.3. The van der Waals surface area contributed by atoms with E-state index in [0.717, 1.165) is 16.8 Å². The van der Waals surface area contributed by atoms with Crippen LogP contribution < -0.4 is 15.0 Å². The Balaban J connectivity index is 1.52. The van der Waals surface area contributed by atoms with Crippen molar-refractivity contribution >= 4 is 23.0 Å². The van der Waals surface area contributed by atoms with Crippen molar-refractivity contribution in [2.24, 2.45) is 0 Å². The highest BCUT2D eigenvalue weighted by Crippen LogP contribution is 2.39. The van der Waals surface area contributed by atoms with Gasteiger partial charge in [-0.2, -0.15) is 10.1 Å². The summed E-state index contributed by atoms with van der Waals surface area (Å²) in [5.41, 5.74) is 2.80. The fourth-order valence-electron chi connectivity index (χ4n) is 4.42. The van der Waals surface area contributed by atoms with E-state index >= 15 is 0 Å². The van der Waals surface area contributed by atoms with Gasteiger partial charge in [-0.05, 0) is 14.1 Å². The Morgan fingerprint density at radius 1 is 1.21 bits per heavy atom. The first kappa shape index (κ1) is 22.4. The maximum atomic E-state index is 12.1. The summed E-state index contributed by atoms with van der Waals surface area (Å²) in [6, 6.07) is 14.1. The van der Waals surface area contributed by atoms with E-state index in [-0.39, 0.29) is 28.8 Å². The van der Waals surface area contributed by atoms with Crippen molar-refractivity contribution in [3.63, 3.8) is 0 Å². The summed E-state index contributed by atoms with van der Waals surface area (Å²) in [5.74, 6) is 0.407. The van der Waals surface area contributed by atoms with Crippen LogP contribution in [0.3, 0.4) is 0 Å². The van der Waals surface area contributed by atoms with E-state index in [1.54, 1.807) is 15.6 Å². The molecule has 1 N–H and O–H groups in total. The Morgan fingerprint density at radius 3 is 2.72 bits per heavy atom. The molecular weight excluding hydrogens is 500 g/mol. The molecule has 0 aliphatic carbocycles. The molecule has 0 saturated carbocycles. The number of hydrogen-bond donors (Lipinski definition) is 1. The second-order valence-corrected chi connectivity index (χ2v) is 9.21. The molecule has 12 heteroatoms. The summed E-state index contributed by atoms with van der Waals surface area (Å²) in [4.78, 5) is 24.2. The predicted octanol–water partition coefficient (Wildman–Crippen LogP) is 3.89. The van der Waals surface area contributed by atoms with Crippen molar-refractivity contribution in [3.8, 4) is 22.8 Å². The number of methoxy groups -OCH3 is 1. The standard InChI is InChI=1S/C27H30N8O4/c1-32(2)17-20-18-34(31-26(20)19-7-5-4-6-8-19)25-9-10-28-27(30-25)29-21-15-23(35(36)37)22(16-24(21)38-3)33-11-13-39-14-12-33/h4-10,15-16,18H,11-14,17H2,1-3H3,(H,28,29,30)/i3D3. The van der Waals surface area contributed by atoms with Crippen LogP contribution >= 0.6 is 0 Å². The number of morpholine rings is 1. The molecule has 0 radical (unpaired) electrons. The van der Waals surface area contributed by atoms with E-state index in [4.69, 9.17) is 18.7 Å². The van der Waals surface area contributed by atoms with Crippen molar-refractivity contribution in [3.05, 3.63) is 76.6 Å². The van der Waals surface area contributed by atoms with Crippen LogP contribution in [0.15, 0.2) is 60.9 Å². The van der Waals surface area contributed by atoms with Crippen LogP contribution in [0.5, 0.6) is 5.75 Å². The van der Waals surface area contributed by atoms with Crippen LogP contribution in [-0.2, 0) is 11.3 Å². The Bertz CT molecular complexity index is 1560. The molecule has 0 atom stereocenters. The molecule has 12 nitrogen and oxygen atoms in total. The van der Waals surface area contributed by atoms with Gasteiger partial charge in [0.05, 0.1) is 40.7 Å². The van der Waals surface area contributed by atoms with Gasteiger partial charge in [-0.15, -0.1) is 0 Å². The summed E-state index contributed by atoms with van der Waals surface area (Å²) >= 11 is 0. The van der Waals surface area contributed by atoms with Gasteiger partial charge in [0.1, 0.15) is 11.4 Å². The van der Waals surface area contributed by atoms with Gasteiger partial charge in [0.15, 0.2) is 5.82 Å². The Kier molecular flexibility index (Phi) is 6.59. The number of nitrogens with zero attached hydrogens (tertiary/aromatic N) is 7. The third-order valence-corrected chi connectivity index (χ3v) is 6.18. The van der Waals surface area contributed by atoms with Crippen LogP contribution in [0, 0.1) is 10.1 Å². The zero-order chi connectivity index (χ0) is 29.9. The van der Waals surface area contributed by atoms with E-state index < -0.39 is 12.0 Å². The summed E-state index contributed by atoms with van der Waals surface area (Å²) in [6.07, 6.45) is 3.40. The largest absolute Gasteiger partial charge is 0.494 e. The average Bonchev–Trinajstić information content (AvgIpc) is 3.37. The molecular formula is C27H30N8O4. The minimum Gasteiger partial charge on any atom is -0.494 e. The second kappa shape index (κ2) is 11.5. The molecule has 1 saturated heterocycles. The predicted molar refractivity (Wildman–Crippen MR) is 148 cm³/mol. The first-order chi connectivity index (χ1) is 20.1. The second-order valence-electron chi connectivity index (χ2n) is 9.21. The summed E-state index contributed by atoms with van der Waals surface area (Å²) in [5, 5.41) is 19.8. The van der Waals surface area contributed by atoms with Crippen molar-refractivity contribution < 1.29 is 18.5 Å². The number of anilines is 3. The highest BCUT2D eigenvalue weighted by molar-refractivity contribution is 5.77. The smallest absolute Gasteiger partial charge is 0.294 e. The molecule has 202 valence electrons. The Labute approximate surface area is 230 Å². The fourth-order valence-corrected chi connectivity index (χ4v) is 4.42.